The van der Waals surface area contributed by atoms with Gasteiger partial charge < -0.3 is 15.5 Å². The van der Waals surface area contributed by atoms with Gasteiger partial charge in [0.15, 0.2) is 17.2 Å². The second-order valence-electron chi connectivity index (χ2n) is 5.38. The Kier molecular flexibility index (Phi) is 7.63. The van der Waals surface area contributed by atoms with Crippen LogP contribution in [0.5, 0.6) is 0 Å². The molecular formula is C16H22N5OS3+. The number of quaternary nitrogens is 1. The molecule has 9 heteroatoms. The van der Waals surface area contributed by atoms with Crippen LogP contribution in [0.1, 0.15) is 0 Å². The van der Waals surface area contributed by atoms with Crippen molar-refractivity contribution in [3.63, 3.8) is 0 Å². The van der Waals surface area contributed by atoms with Gasteiger partial charge in [-0.15, -0.1) is 23.4 Å². The molecule has 0 bridgehead atoms. The van der Waals surface area contributed by atoms with E-state index in [9.17, 15) is 4.79 Å². The van der Waals surface area contributed by atoms with E-state index in [0.29, 0.717) is 23.7 Å². The Balaban J connectivity index is 1.92. The first-order chi connectivity index (χ1) is 12.0. The Hall–Kier alpha value is -1.68. The van der Waals surface area contributed by atoms with Crippen LogP contribution in [-0.2, 0) is 11.5 Å². The van der Waals surface area contributed by atoms with E-state index in [1.807, 2.05) is 37.6 Å². The minimum Gasteiger partial charge on any atom is -0.357 e. The van der Waals surface area contributed by atoms with E-state index in [1.54, 1.807) is 22.5 Å². The van der Waals surface area contributed by atoms with Gasteiger partial charge in [-0.05, 0) is 30.6 Å². The zero-order chi connectivity index (χ0) is 18.2. The van der Waals surface area contributed by atoms with E-state index >= 15 is 0 Å². The molecule has 3 N–H and O–H groups in total. The number of hydrogen-bond acceptors (Lipinski definition) is 6. The minimum atomic E-state index is -0.0363. The van der Waals surface area contributed by atoms with E-state index < -0.39 is 0 Å². The van der Waals surface area contributed by atoms with Gasteiger partial charge in [0.2, 0.25) is 5.13 Å². The average molecular weight is 397 g/mol. The quantitative estimate of drug-likeness (QED) is 0.344. The van der Waals surface area contributed by atoms with Crippen LogP contribution in [0, 0.1) is 3.95 Å². The fourth-order valence-corrected chi connectivity index (χ4v) is 3.73. The molecule has 0 aliphatic rings. The molecule has 1 atom stereocenters. The summed E-state index contributed by atoms with van der Waals surface area (Å²) in [7, 11) is 1.94. The Morgan fingerprint density at radius 1 is 1.52 bits per heavy atom. The maximum Gasteiger partial charge on any atom is 0.279 e. The molecule has 0 radical (unpaired) electrons. The number of likely N-dealkylation sites (N-methyl/N-ethyl adjacent to an activating group) is 1. The maximum absolute atomic E-state index is 12.3. The predicted molar refractivity (Wildman–Crippen MR) is 108 cm³/mol. The number of para-hydroxylation sites is 1. The van der Waals surface area contributed by atoms with Gasteiger partial charge in [0.05, 0.1) is 12.7 Å². The average Bonchev–Trinajstić information content (AvgIpc) is 2.92. The number of nitrogens with zero attached hydrogens (tertiary/aromatic N) is 2. The third kappa shape index (κ3) is 5.96. The molecule has 2 aromatic rings. The van der Waals surface area contributed by atoms with Gasteiger partial charge in [-0.3, -0.25) is 4.79 Å². The highest BCUT2D eigenvalue weighted by molar-refractivity contribution is 7.98. The van der Waals surface area contributed by atoms with Gasteiger partial charge in [0.25, 0.3) is 5.91 Å². The lowest BCUT2D eigenvalue weighted by molar-refractivity contribution is -0.895. The third-order valence-electron chi connectivity index (χ3n) is 3.27. The number of anilines is 2. The smallest absolute Gasteiger partial charge is 0.279 e. The van der Waals surface area contributed by atoms with Crippen LogP contribution in [0.2, 0.25) is 0 Å². The molecule has 0 saturated carbocycles. The molecule has 1 unspecified atom stereocenters. The van der Waals surface area contributed by atoms with Crippen LogP contribution >= 0.6 is 35.3 Å². The molecule has 1 heterocycles. The molecule has 0 fully saturated rings. The Labute approximate surface area is 160 Å². The maximum atomic E-state index is 12.3. The van der Waals surface area contributed by atoms with Crippen LogP contribution < -0.4 is 15.5 Å². The van der Waals surface area contributed by atoms with Crippen molar-refractivity contribution in [1.82, 2.24) is 9.78 Å². The summed E-state index contributed by atoms with van der Waals surface area (Å²) in [6.07, 6.45) is 3.76. The van der Waals surface area contributed by atoms with Crippen LogP contribution in [0.15, 0.2) is 41.8 Å². The van der Waals surface area contributed by atoms with Crippen molar-refractivity contribution in [3.8, 4) is 0 Å². The summed E-state index contributed by atoms with van der Waals surface area (Å²) in [6, 6.07) is 7.77. The largest absolute Gasteiger partial charge is 0.357 e. The second-order valence-corrected chi connectivity index (χ2v) is 7.85. The van der Waals surface area contributed by atoms with Crippen molar-refractivity contribution in [2.45, 2.75) is 11.6 Å². The van der Waals surface area contributed by atoms with Crippen LogP contribution in [-0.4, -0.2) is 42.1 Å². The number of thioether (sulfide) groups is 1. The van der Waals surface area contributed by atoms with Crippen LogP contribution in [0.4, 0.5) is 10.8 Å². The fraction of sp³-hybridized carbons (Fsp3) is 0.312. The van der Waals surface area contributed by atoms with Crippen molar-refractivity contribution < 1.29 is 9.69 Å². The Bertz CT molecular complexity index is 786. The molecule has 0 saturated heterocycles. The topological polar surface area (TPSA) is 63.4 Å². The van der Waals surface area contributed by atoms with Gasteiger partial charge in [0, 0.05) is 11.4 Å². The van der Waals surface area contributed by atoms with E-state index in [-0.39, 0.29) is 5.91 Å². The van der Waals surface area contributed by atoms with E-state index in [4.69, 9.17) is 12.2 Å². The zero-order valence-corrected chi connectivity index (χ0v) is 16.7. The number of amides is 1. The first-order valence-electron chi connectivity index (χ1n) is 7.70. The summed E-state index contributed by atoms with van der Waals surface area (Å²) in [5.41, 5.74) is 0.842. The van der Waals surface area contributed by atoms with Gasteiger partial charge in [-0.2, -0.15) is 4.68 Å². The third-order valence-corrected chi connectivity index (χ3v) is 5.33. The molecule has 0 aliphatic heterocycles. The molecule has 0 aliphatic carbocycles. The molecule has 0 spiro atoms. The van der Waals surface area contributed by atoms with Crippen molar-refractivity contribution in [2.24, 2.45) is 0 Å². The van der Waals surface area contributed by atoms with Crippen molar-refractivity contribution in [3.05, 3.63) is 40.9 Å². The van der Waals surface area contributed by atoms with Gasteiger partial charge >= 0.3 is 0 Å². The number of rotatable bonds is 9. The Morgan fingerprint density at radius 2 is 2.28 bits per heavy atom. The SMILES string of the molecule is C=CCNc1nn(C[NH+](C)CC(=O)Nc2ccccc2SC)c(=S)s1. The van der Waals surface area contributed by atoms with E-state index in [1.165, 1.54) is 11.3 Å². The first-order valence-corrected chi connectivity index (χ1v) is 10.1. The summed E-state index contributed by atoms with van der Waals surface area (Å²) < 4.78 is 2.42. The molecule has 134 valence electrons. The molecule has 1 aromatic carbocycles. The number of benzene rings is 1. The van der Waals surface area contributed by atoms with Gasteiger partial charge in [0.1, 0.15) is 0 Å². The first kappa shape index (κ1) is 19.6. The van der Waals surface area contributed by atoms with E-state index in [0.717, 1.165) is 20.6 Å². The summed E-state index contributed by atoms with van der Waals surface area (Å²) in [5.74, 6) is -0.0363. The van der Waals surface area contributed by atoms with Gasteiger partial charge in [-0.25, -0.2) is 0 Å². The number of aromatic nitrogens is 2. The molecular weight excluding hydrogens is 374 g/mol. The molecule has 6 nitrogen and oxygen atoms in total. The lowest BCUT2D eigenvalue weighted by atomic mass is 10.3. The Morgan fingerprint density at radius 3 is 3.00 bits per heavy atom. The summed E-state index contributed by atoms with van der Waals surface area (Å²) in [4.78, 5) is 14.3. The highest BCUT2D eigenvalue weighted by Crippen LogP contribution is 2.24. The number of carbonyl (C=O) groups is 1. The summed E-state index contributed by atoms with van der Waals surface area (Å²) >= 11 is 8.35. The van der Waals surface area contributed by atoms with Crippen LogP contribution in [0.3, 0.4) is 0 Å². The standard InChI is InChI=1S/C16H21N5OS3/c1-4-9-17-15-19-21(16(23)25-15)11-20(2)10-14(22)18-12-7-5-6-8-13(12)24-3/h4-8H,1,9-11H2,2-3H3,(H,17,19)(H,18,22)/p+1. The predicted octanol–water partition coefficient (Wildman–Crippen LogP) is 2.10. The molecule has 1 amide bonds. The monoisotopic (exact) mass is 396 g/mol. The molecule has 25 heavy (non-hydrogen) atoms. The summed E-state index contributed by atoms with van der Waals surface area (Å²) in [6.45, 7) is 5.17. The lowest BCUT2D eigenvalue weighted by Gasteiger charge is -2.14. The van der Waals surface area contributed by atoms with Crippen molar-refractivity contribution >= 4 is 52.0 Å². The van der Waals surface area contributed by atoms with E-state index in [2.05, 4.69) is 22.3 Å². The summed E-state index contributed by atoms with van der Waals surface area (Å²) in [5, 5.41) is 11.3. The highest BCUT2D eigenvalue weighted by atomic mass is 32.2. The lowest BCUT2D eigenvalue weighted by Crippen LogP contribution is -3.09. The zero-order valence-electron chi connectivity index (χ0n) is 14.2. The second kappa shape index (κ2) is 9.71. The fourth-order valence-electron chi connectivity index (χ4n) is 2.17. The van der Waals surface area contributed by atoms with Crippen molar-refractivity contribution in [2.75, 3.05) is 37.0 Å². The number of hydrogen-bond donors (Lipinski definition) is 3. The van der Waals surface area contributed by atoms with Gasteiger partial charge in [-0.1, -0.05) is 29.5 Å². The molecule has 2 rings (SSSR count). The van der Waals surface area contributed by atoms with Crippen LogP contribution in [0.25, 0.3) is 0 Å². The number of nitrogens with one attached hydrogen (secondary N) is 3. The minimum absolute atomic E-state index is 0.0363. The normalized spacial score (nSPS) is 11.8. The van der Waals surface area contributed by atoms with Crippen molar-refractivity contribution in [1.29, 1.82) is 0 Å². The molecule has 1 aromatic heterocycles. The highest BCUT2D eigenvalue weighted by Gasteiger charge is 2.14. The number of carbonyl (C=O) groups excluding carboxylic acids is 1.